The number of para-hydroxylation sites is 3. The van der Waals surface area contributed by atoms with Crippen LogP contribution in [0.15, 0.2) is 210 Å². The van der Waals surface area contributed by atoms with Crippen molar-refractivity contribution in [2.75, 3.05) is 10.6 Å². The summed E-state index contributed by atoms with van der Waals surface area (Å²) in [6, 6.07) is 69.8. The largest absolute Gasteiger partial charge is 0.399 e. The molecule has 11 rings (SSSR count). The Morgan fingerprint density at radius 1 is 0.483 bits per heavy atom. The van der Waals surface area contributed by atoms with Gasteiger partial charge in [0.2, 0.25) is 5.96 Å². The first-order valence-corrected chi connectivity index (χ1v) is 19.5. The molecule has 1 unspecified atom stereocenters. The van der Waals surface area contributed by atoms with Gasteiger partial charge in [-0.1, -0.05) is 127 Å². The molecule has 7 heteroatoms. The Kier molecular flexibility index (Phi) is 7.89. The number of hydrogen-bond acceptors (Lipinski definition) is 5. The molecule has 0 saturated heterocycles. The first kappa shape index (κ1) is 33.4. The second kappa shape index (κ2) is 13.7. The van der Waals surface area contributed by atoms with Gasteiger partial charge in [0, 0.05) is 55.5 Å². The summed E-state index contributed by atoms with van der Waals surface area (Å²) in [6.45, 7) is 0. The van der Waals surface area contributed by atoms with Crippen LogP contribution < -0.4 is 16.0 Å². The number of nitrogens with one attached hydrogen (secondary N) is 1. The fourth-order valence-corrected chi connectivity index (χ4v) is 8.48. The summed E-state index contributed by atoms with van der Waals surface area (Å²) in [5, 5.41) is 8.02. The maximum Gasteiger partial charge on any atom is 0.234 e. The van der Waals surface area contributed by atoms with Crippen LogP contribution in [0.5, 0.6) is 0 Å². The molecule has 58 heavy (non-hydrogen) atoms. The number of nitrogens with two attached hydrogens (primary N) is 1. The molecule has 0 saturated carbocycles. The molecule has 276 valence electrons. The van der Waals surface area contributed by atoms with Crippen molar-refractivity contribution in [1.29, 1.82) is 0 Å². The predicted molar refractivity (Wildman–Crippen MR) is 241 cm³/mol. The molecule has 0 fully saturated rings. The molecule has 1 aliphatic heterocycles. The van der Waals surface area contributed by atoms with E-state index in [0.29, 0.717) is 5.96 Å². The summed E-state index contributed by atoms with van der Waals surface area (Å²) >= 11 is 0. The van der Waals surface area contributed by atoms with E-state index < -0.39 is 0 Å². The van der Waals surface area contributed by atoms with Gasteiger partial charge >= 0.3 is 0 Å². The maximum absolute atomic E-state index is 6.50. The normalized spacial score (nSPS) is 14.1. The minimum atomic E-state index is -0.374. The minimum Gasteiger partial charge on any atom is -0.399 e. The van der Waals surface area contributed by atoms with Gasteiger partial charge in [0.15, 0.2) is 0 Å². The van der Waals surface area contributed by atoms with Gasteiger partial charge < -0.3 is 20.5 Å². The van der Waals surface area contributed by atoms with E-state index in [1.807, 2.05) is 30.3 Å². The van der Waals surface area contributed by atoms with Crippen molar-refractivity contribution >= 4 is 78.2 Å². The van der Waals surface area contributed by atoms with Gasteiger partial charge in [-0.3, -0.25) is 4.57 Å². The highest BCUT2D eigenvalue weighted by Crippen LogP contribution is 2.44. The zero-order valence-corrected chi connectivity index (χ0v) is 31.4. The van der Waals surface area contributed by atoms with Crippen LogP contribution in [0.2, 0.25) is 0 Å². The summed E-state index contributed by atoms with van der Waals surface area (Å²) in [4.78, 5) is 13.1. The highest BCUT2D eigenvalue weighted by Gasteiger charge is 2.27. The van der Waals surface area contributed by atoms with Gasteiger partial charge in [0.1, 0.15) is 12.0 Å². The number of benzene rings is 8. The van der Waals surface area contributed by atoms with Crippen LogP contribution in [-0.4, -0.2) is 20.9 Å². The van der Waals surface area contributed by atoms with Crippen LogP contribution in [0.3, 0.4) is 0 Å². The molecule has 0 bridgehead atoms. The molecule has 3 N–H and O–H groups in total. The third-order valence-electron chi connectivity index (χ3n) is 11.1. The third kappa shape index (κ3) is 5.51. The summed E-state index contributed by atoms with van der Waals surface area (Å²) < 4.78 is 4.63. The Morgan fingerprint density at radius 3 is 1.67 bits per heavy atom. The third-order valence-corrected chi connectivity index (χ3v) is 11.1. The Labute approximate surface area is 335 Å². The van der Waals surface area contributed by atoms with E-state index >= 15 is 0 Å². The van der Waals surface area contributed by atoms with E-state index in [-0.39, 0.29) is 6.17 Å². The van der Waals surface area contributed by atoms with E-state index in [4.69, 9.17) is 15.7 Å². The average molecular weight is 748 g/mol. The first-order chi connectivity index (χ1) is 28.7. The number of hydrogen-bond donors (Lipinski definition) is 2. The Balaban J connectivity index is 1.27. The molecule has 10 aromatic rings. The molecular formula is C51H37N7. The number of amidine groups is 1. The standard InChI is InChI=1S/C51H37N7/c52-36-26-30-45-43(32-36)41-28-29-42-44-33-40(56(37-20-10-3-11-21-37)38-22-12-4-13-23-38)27-31-46(44)58(48(42)47(41)57(45)39-24-14-5-15-25-39)51-54-49(34-16-6-1-7-17-34)53-50(55-51)35-18-8-2-9-19-35/h1-33,49H,52H2,(H,53,54,55). The first-order valence-electron chi connectivity index (χ1n) is 19.5. The number of aromatic nitrogens is 2. The minimum absolute atomic E-state index is 0.374. The van der Waals surface area contributed by atoms with Crippen molar-refractivity contribution in [2.45, 2.75) is 6.17 Å². The molecule has 1 atom stereocenters. The highest BCUT2D eigenvalue weighted by molar-refractivity contribution is 6.27. The SMILES string of the molecule is Nc1ccc2c(c1)c1ccc3c4cc(N(c5ccccc5)c5ccccc5)ccc4n(C4=NC(c5ccccc5)NC(c5ccccc5)=N4)c3c1n2-c1ccccc1. The summed E-state index contributed by atoms with van der Waals surface area (Å²) in [5.74, 6) is 1.35. The molecule has 3 heterocycles. The summed E-state index contributed by atoms with van der Waals surface area (Å²) in [5.41, 5.74) is 17.6. The van der Waals surface area contributed by atoms with E-state index in [2.05, 4.69) is 189 Å². The van der Waals surface area contributed by atoms with Crippen LogP contribution in [0.1, 0.15) is 17.3 Å². The van der Waals surface area contributed by atoms with E-state index in [9.17, 15) is 0 Å². The van der Waals surface area contributed by atoms with Gasteiger partial charge in [-0.2, -0.15) is 4.99 Å². The van der Waals surface area contributed by atoms with Crippen molar-refractivity contribution in [2.24, 2.45) is 9.98 Å². The lowest BCUT2D eigenvalue weighted by molar-refractivity contribution is 0.668. The average Bonchev–Trinajstić information content (AvgIpc) is 3.80. The van der Waals surface area contributed by atoms with E-state index in [1.54, 1.807) is 0 Å². The van der Waals surface area contributed by atoms with Crippen LogP contribution in [0, 0.1) is 0 Å². The maximum atomic E-state index is 6.50. The lowest BCUT2D eigenvalue weighted by atomic mass is 10.1. The molecule has 0 aliphatic carbocycles. The topological polar surface area (TPSA) is 75.9 Å². The second-order valence-electron chi connectivity index (χ2n) is 14.6. The summed E-state index contributed by atoms with van der Waals surface area (Å²) in [6.07, 6.45) is -0.374. The van der Waals surface area contributed by atoms with E-state index in [1.165, 1.54) is 0 Å². The smallest absolute Gasteiger partial charge is 0.234 e. The molecule has 7 nitrogen and oxygen atoms in total. The molecule has 0 amide bonds. The molecule has 0 radical (unpaired) electrons. The number of aliphatic imine (C=N–C) groups is 2. The quantitative estimate of drug-likeness (QED) is 0.166. The monoisotopic (exact) mass is 747 g/mol. The highest BCUT2D eigenvalue weighted by atomic mass is 15.3. The van der Waals surface area contributed by atoms with Crippen molar-refractivity contribution < 1.29 is 0 Å². The lowest BCUT2D eigenvalue weighted by Gasteiger charge is -2.26. The van der Waals surface area contributed by atoms with Gasteiger partial charge in [-0.25, -0.2) is 4.99 Å². The molecular weight excluding hydrogens is 711 g/mol. The van der Waals surface area contributed by atoms with Crippen molar-refractivity contribution in [3.63, 3.8) is 0 Å². The van der Waals surface area contributed by atoms with Crippen molar-refractivity contribution in [1.82, 2.24) is 14.5 Å². The molecule has 1 aliphatic rings. The van der Waals surface area contributed by atoms with Gasteiger partial charge in [0.25, 0.3) is 0 Å². The number of anilines is 4. The predicted octanol–water partition coefficient (Wildman–Crippen LogP) is 11.9. The van der Waals surface area contributed by atoms with Crippen molar-refractivity contribution in [3.05, 3.63) is 211 Å². The van der Waals surface area contributed by atoms with Crippen LogP contribution in [0.4, 0.5) is 22.7 Å². The fraction of sp³-hybridized carbons (Fsp3) is 0.0196. The Hall–Kier alpha value is -7.90. The van der Waals surface area contributed by atoms with Gasteiger partial charge in [-0.15, -0.1) is 0 Å². The van der Waals surface area contributed by atoms with Gasteiger partial charge in [-0.05, 0) is 78.4 Å². The fourth-order valence-electron chi connectivity index (χ4n) is 8.48. The Morgan fingerprint density at radius 2 is 1.02 bits per heavy atom. The second-order valence-corrected chi connectivity index (χ2v) is 14.6. The number of nitrogen functional groups attached to an aromatic ring is 1. The Bertz CT molecular complexity index is 3150. The molecule has 0 spiro atoms. The zero-order chi connectivity index (χ0) is 38.6. The summed E-state index contributed by atoms with van der Waals surface area (Å²) in [7, 11) is 0. The van der Waals surface area contributed by atoms with Crippen LogP contribution in [0.25, 0.3) is 49.3 Å². The molecule has 2 aromatic heterocycles. The van der Waals surface area contributed by atoms with Crippen LogP contribution >= 0.6 is 0 Å². The van der Waals surface area contributed by atoms with Gasteiger partial charge in [0.05, 0.1) is 22.1 Å². The number of nitrogens with zero attached hydrogens (tertiary/aromatic N) is 5. The van der Waals surface area contributed by atoms with E-state index in [0.717, 1.165) is 89.0 Å². The lowest BCUT2D eigenvalue weighted by Crippen LogP contribution is -2.35. The van der Waals surface area contributed by atoms with Crippen LogP contribution in [-0.2, 0) is 0 Å². The number of rotatable bonds is 6. The number of fused-ring (bicyclic) bond motifs is 7. The zero-order valence-electron chi connectivity index (χ0n) is 31.4. The molecule has 8 aromatic carbocycles. The van der Waals surface area contributed by atoms with Crippen molar-refractivity contribution in [3.8, 4) is 5.69 Å².